The molecule has 0 spiro atoms. The summed E-state index contributed by atoms with van der Waals surface area (Å²) >= 11 is 0. The van der Waals surface area contributed by atoms with Gasteiger partial charge in [-0.15, -0.1) is 6.58 Å². The van der Waals surface area contributed by atoms with Crippen molar-refractivity contribution in [3.05, 3.63) is 12.7 Å². The van der Waals surface area contributed by atoms with Crippen LogP contribution in [0.15, 0.2) is 17.6 Å². The Bertz CT molecular complexity index is 154. The van der Waals surface area contributed by atoms with Crippen molar-refractivity contribution < 1.29 is 0 Å². The van der Waals surface area contributed by atoms with Gasteiger partial charge in [0.1, 0.15) is 0 Å². The molecule has 0 aromatic rings. The molecule has 0 aliphatic rings. The highest BCUT2D eigenvalue weighted by molar-refractivity contribution is 5.58. The van der Waals surface area contributed by atoms with Gasteiger partial charge in [0.25, 0.3) is 0 Å². The summed E-state index contributed by atoms with van der Waals surface area (Å²) in [5.41, 5.74) is 0.195. The minimum atomic E-state index is 0.195. The van der Waals surface area contributed by atoms with E-state index in [1.165, 1.54) is 0 Å². The van der Waals surface area contributed by atoms with Gasteiger partial charge in [-0.25, -0.2) is 0 Å². The van der Waals surface area contributed by atoms with E-state index in [9.17, 15) is 0 Å². The predicted octanol–water partition coefficient (Wildman–Crippen LogP) is 3.32. The highest BCUT2D eigenvalue weighted by Gasteiger charge is 2.09. The van der Waals surface area contributed by atoms with Gasteiger partial charge < -0.3 is 0 Å². The van der Waals surface area contributed by atoms with Crippen molar-refractivity contribution in [2.45, 2.75) is 34.1 Å². The Labute approximate surface area is 76.6 Å². The first kappa shape index (κ1) is 11.4. The van der Waals surface area contributed by atoms with Gasteiger partial charge in [-0.05, 0) is 24.0 Å². The zero-order valence-electron chi connectivity index (χ0n) is 8.80. The molecule has 0 aromatic heterocycles. The molecule has 0 amide bonds. The Morgan fingerprint density at radius 3 is 2.42 bits per heavy atom. The number of allylic oxidation sites excluding steroid dienone is 1. The van der Waals surface area contributed by atoms with E-state index in [1.54, 1.807) is 0 Å². The van der Waals surface area contributed by atoms with Crippen LogP contribution in [0.3, 0.4) is 0 Å². The molecule has 0 unspecified atom stereocenters. The summed E-state index contributed by atoms with van der Waals surface area (Å²) in [6.07, 6.45) is 4.99. The molecule has 70 valence electrons. The van der Waals surface area contributed by atoms with Crippen LogP contribution < -0.4 is 0 Å². The zero-order chi connectivity index (χ0) is 9.61. The molecule has 0 bridgehead atoms. The average Bonchev–Trinajstić information content (AvgIpc) is 1.98. The molecular formula is C11H21N. The fraction of sp³-hybridized carbons (Fsp3) is 0.727. The second-order valence-corrected chi connectivity index (χ2v) is 4.34. The van der Waals surface area contributed by atoms with E-state index in [1.807, 2.05) is 12.3 Å². The summed E-state index contributed by atoms with van der Waals surface area (Å²) in [7, 11) is 0. The van der Waals surface area contributed by atoms with Gasteiger partial charge >= 0.3 is 0 Å². The summed E-state index contributed by atoms with van der Waals surface area (Å²) in [6.45, 7) is 13.4. The van der Waals surface area contributed by atoms with E-state index < -0.39 is 0 Å². The van der Waals surface area contributed by atoms with Gasteiger partial charge in [-0.3, -0.25) is 4.99 Å². The lowest BCUT2D eigenvalue weighted by atomic mass is 9.90. The predicted molar refractivity (Wildman–Crippen MR) is 56.8 cm³/mol. The number of hydrogen-bond donors (Lipinski definition) is 0. The third kappa shape index (κ3) is 6.14. The largest absolute Gasteiger partial charge is 0.297 e. The standard InChI is InChI=1S/C11H21N/c1-6-11(4,5)7-8-12-9-10(2)3/h6,8,10H,1,7,9H2,2-5H3. The van der Waals surface area contributed by atoms with Crippen LogP contribution in [0.25, 0.3) is 0 Å². The number of aliphatic imine (C=N–C) groups is 1. The summed E-state index contributed by atoms with van der Waals surface area (Å²) in [5, 5.41) is 0. The first-order valence-corrected chi connectivity index (χ1v) is 4.60. The Hall–Kier alpha value is -0.590. The lowest BCUT2D eigenvalue weighted by molar-refractivity contribution is 0.508. The monoisotopic (exact) mass is 167 g/mol. The Morgan fingerprint density at radius 1 is 1.42 bits per heavy atom. The van der Waals surface area contributed by atoms with Crippen LogP contribution in [0.2, 0.25) is 0 Å². The van der Waals surface area contributed by atoms with E-state index in [4.69, 9.17) is 0 Å². The molecule has 0 radical (unpaired) electrons. The van der Waals surface area contributed by atoms with Crippen LogP contribution in [0.1, 0.15) is 34.1 Å². The summed E-state index contributed by atoms with van der Waals surface area (Å²) in [4.78, 5) is 4.33. The molecule has 0 N–H and O–H groups in total. The van der Waals surface area contributed by atoms with E-state index in [2.05, 4.69) is 39.3 Å². The Kier molecular flexibility index (Phi) is 4.87. The molecule has 0 aliphatic heterocycles. The van der Waals surface area contributed by atoms with Crippen LogP contribution in [0.4, 0.5) is 0 Å². The lowest BCUT2D eigenvalue weighted by Crippen LogP contribution is -2.07. The van der Waals surface area contributed by atoms with E-state index in [-0.39, 0.29) is 5.41 Å². The highest BCUT2D eigenvalue weighted by Crippen LogP contribution is 2.19. The molecule has 0 rings (SSSR count). The number of rotatable bonds is 5. The molecule has 0 saturated carbocycles. The first-order chi connectivity index (χ1) is 5.48. The van der Waals surface area contributed by atoms with Crippen molar-refractivity contribution in [1.29, 1.82) is 0 Å². The zero-order valence-corrected chi connectivity index (χ0v) is 8.80. The normalized spacial score (nSPS) is 12.8. The third-order valence-electron chi connectivity index (χ3n) is 1.77. The minimum absolute atomic E-state index is 0.195. The molecule has 0 heterocycles. The van der Waals surface area contributed by atoms with Crippen molar-refractivity contribution in [2.24, 2.45) is 16.3 Å². The van der Waals surface area contributed by atoms with Crippen LogP contribution in [0.5, 0.6) is 0 Å². The summed E-state index contributed by atoms with van der Waals surface area (Å²) in [5.74, 6) is 0.660. The van der Waals surface area contributed by atoms with E-state index in [0.717, 1.165) is 13.0 Å². The maximum Gasteiger partial charge on any atom is 0.0408 e. The second kappa shape index (κ2) is 5.13. The van der Waals surface area contributed by atoms with Crippen LogP contribution in [-0.2, 0) is 0 Å². The van der Waals surface area contributed by atoms with Gasteiger partial charge in [0, 0.05) is 6.54 Å². The molecule has 0 aromatic carbocycles. The molecule has 0 aliphatic carbocycles. The SMILES string of the molecule is C=CC(C)(C)CC=NCC(C)C. The van der Waals surface area contributed by atoms with Crippen molar-refractivity contribution >= 4 is 6.21 Å². The number of nitrogens with zero attached hydrogens (tertiary/aromatic N) is 1. The highest BCUT2D eigenvalue weighted by atomic mass is 14.7. The first-order valence-electron chi connectivity index (χ1n) is 4.60. The van der Waals surface area contributed by atoms with Crippen LogP contribution >= 0.6 is 0 Å². The smallest absolute Gasteiger partial charge is 0.0408 e. The van der Waals surface area contributed by atoms with Crippen molar-refractivity contribution in [3.63, 3.8) is 0 Å². The van der Waals surface area contributed by atoms with Crippen LogP contribution in [-0.4, -0.2) is 12.8 Å². The molecular weight excluding hydrogens is 146 g/mol. The average molecular weight is 167 g/mol. The molecule has 1 heteroatoms. The Balaban J connectivity index is 3.67. The van der Waals surface area contributed by atoms with Gasteiger partial charge in [0.15, 0.2) is 0 Å². The fourth-order valence-corrected chi connectivity index (χ4v) is 0.669. The van der Waals surface area contributed by atoms with Gasteiger partial charge in [-0.2, -0.15) is 0 Å². The fourth-order valence-electron chi connectivity index (χ4n) is 0.669. The minimum Gasteiger partial charge on any atom is -0.297 e. The number of hydrogen-bond acceptors (Lipinski definition) is 1. The van der Waals surface area contributed by atoms with E-state index >= 15 is 0 Å². The maximum atomic E-state index is 4.33. The molecule has 12 heavy (non-hydrogen) atoms. The van der Waals surface area contributed by atoms with Crippen molar-refractivity contribution in [1.82, 2.24) is 0 Å². The molecule has 0 saturated heterocycles. The van der Waals surface area contributed by atoms with Gasteiger partial charge in [0.2, 0.25) is 0 Å². The van der Waals surface area contributed by atoms with Gasteiger partial charge in [0.05, 0.1) is 0 Å². The van der Waals surface area contributed by atoms with Crippen LogP contribution in [0, 0.1) is 11.3 Å². The second-order valence-electron chi connectivity index (χ2n) is 4.34. The van der Waals surface area contributed by atoms with Gasteiger partial charge in [-0.1, -0.05) is 33.8 Å². The molecule has 0 atom stereocenters. The van der Waals surface area contributed by atoms with Crippen molar-refractivity contribution in [2.75, 3.05) is 6.54 Å². The Morgan fingerprint density at radius 2 is 2.00 bits per heavy atom. The molecule has 0 fully saturated rings. The lowest BCUT2D eigenvalue weighted by Gasteiger charge is -2.15. The summed E-state index contributed by atoms with van der Waals surface area (Å²) in [6, 6.07) is 0. The maximum absolute atomic E-state index is 4.33. The third-order valence-corrected chi connectivity index (χ3v) is 1.77. The van der Waals surface area contributed by atoms with Crippen molar-refractivity contribution in [3.8, 4) is 0 Å². The van der Waals surface area contributed by atoms with E-state index in [0.29, 0.717) is 5.92 Å². The summed E-state index contributed by atoms with van der Waals surface area (Å²) < 4.78 is 0. The topological polar surface area (TPSA) is 12.4 Å². The molecule has 1 nitrogen and oxygen atoms in total. The quantitative estimate of drug-likeness (QED) is 0.440.